The lowest BCUT2D eigenvalue weighted by atomic mass is 9.73. The van der Waals surface area contributed by atoms with Gasteiger partial charge < -0.3 is 10.1 Å². The molecule has 1 aliphatic carbocycles. The number of hydrogen-bond acceptors (Lipinski definition) is 2. The fourth-order valence-electron chi connectivity index (χ4n) is 3.89. The van der Waals surface area contributed by atoms with Gasteiger partial charge in [0, 0.05) is 11.6 Å². The summed E-state index contributed by atoms with van der Waals surface area (Å²) in [4.78, 5) is 0. The summed E-state index contributed by atoms with van der Waals surface area (Å²) >= 11 is 0. The van der Waals surface area contributed by atoms with E-state index >= 15 is 0 Å². The summed E-state index contributed by atoms with van der Waals surface area (Å²) in [6.45, 7) is 6.89. The Balaban J connectivity index is 2.15. The lowest BCUT2D eigenvalue weighted by Gasteiger charge is -2.36. The lowest BCUT2D eigenvalue weighted by Crippen LogP contribution is -2.30. The minimum absolute atomic E-state index is 0.410. The summed E-state index contributed by atoms with van der Waals surface area (Å²) in [6, 6.07) is 6.93. The van der Waals surface area contributed by atoms with Gasteiger partial charge in [0.2, 0.25) is 0 Å². The van der Waals surface area contributed by atoms with Crippen LogP contribution in [0, 0.1) is 24.7 Å². The second kappa shape index (κ2) is 7.31. The van der Waals surface area contributed by atoms with Gasteiger partial charge >= 0.3 is 0 Å². The third kappa shape index (κ3) is 3.79. The van der Waals surface area contributed by atoms with E-state index in [-0.39, 0.29) is 0 Å². The second-order valence-electron chi connectivity index (χ2n) is 6.93. The maximum Gasteiger partial charge on any atom is 0.123 e. The van der Waals surface area contributed by atoms with Crippen LogP contribution < -0.4 is 10.1 Å². The monoisotopic (exact) mass is 289 g/mol. The largest absolute Gasteiger partial charge is 0.496 e. The normalized spacial score (nSPS) is 24.1. The number of benzene rings is 1. The van der Waals surface area contributed by atoms with E-state index in [0.29, 0.717) is 6.04 Å². The van der Waals surface area contributed by atoms with Gasteiger partial charge in [0.25, 0.3) is 0 Å². The molecule has 1 unspecified atom stereocenters. The van der Waals surface area contributed by atoms with Gasteiger partial charge in [0.15, 0.2) is 0 Å². The summed E-state index contributed by atoms with van der Waals surface area (Å²) in [5.74, 6) is 3.48. The fraction of sp³-hybridized carbons (Fsp3) is 0.684. The maximum atomic E-state index is 5.59. The molecule has 0 heterocycles. The summed E-state index contributed by atoms with van der Waals surface area (Å²) < 4.78 is 5.59. The molecule has 0 saturated heterocycles. The molecule has 0 radical (unpaired) electrons. The number of rotatable bonds is 5. The summed E-state index contributed by atoms with van der Waals surface area (Å²) in [6.07, 6.45) is 5.39. The van der Waals surface area contributed by atoms with Crippen LogP contribution in [0.1, 0.15) is 56.7 Å². The Bertz CT molecular complexity index is 447. The van der Waals surface area contributed by atoms with E-state index in [1.165, 1.54) is 36.8 Å². The Morgan fingerprint density at radius 3 is 2.24 bits per heavy atom. The van der Waals surface area contributed by atoms with Crippen molar-refractivity contribution < 1.29 is 4.74 Å². The predicted molar refractivity (Wildman–Crippen MR) is 89.8 cm³/mol. The van der Waals surface area contributed by atoms with Crippen molar-refractivity contribution in [3.05, 3.63) is 29.3 Å². The van der Waals surface area contributed by atoms with Crippen LogP contribution in [0.25, 0.3) is 0 Å². The summed E-state index contributed by atoms with van der Waals surface area (Å²) in [5.41, 5.74) is 2.63. The highest BCUT2D eigenvalue weighted by Crippen LogP contribution is 2.41. The van der Waals surface area contributed by atoms with Crippen molar-refractivity contribution in [1.29, 1.82) is 0 Å². The van der Waals surface area contributed by atoms with Crippen molar-refractivity contribution in [2.45, 2.75) is 52.5 Å². The van der Waals surface area contributed by atoms with Gasteiger partial charge in [-0.05, 0) is 63.5 Å². The van der Waals surface area contributed by atoms with Crippen LogP contribution in [0.3, 0.4) is 0 Å². The number of aryl methyl sites for hydroxylation is 1. The quantitative estimate of drug-likeness (QED) is 0.846. The highest BCUT2D eigenvalue weighted by molar-refractivity contribution is 5.39. The van der Waals surface area contributed by atoms with Crippen LogP contribution in [0.4, 0.5) is 0 Å². The van der Waals surface area contributed by atoms with Crippen LogP contribution in [-0.4, -0.2) is 14.2 Å². The number of hydrogen-bond donors (Lipinski definition) is 1. The van der Waals surface area contributed by atoms with E-state index in [2.05, 4.69) is 51.3 Å². The molecule has 0 bridgehead atoms. The zero-order valence-electron chi connectivity index (χ0n) is 14.3. The van der Waals surface area contributed by atoms with Crippen molar-refractivity contribution in [2.24, 2.45) is 17.8 Å². The van der Waals surface area contributed by atoms with Gasteiger partial charge in [-0.15, -0.1) is 0 Å². The Labute approximate surface area is 130 Å². The minimum atomic E-state index is 0.410. The molecule has 1 atom stereocenters. The molecule has 0 aromatic heterocycles. The summed E-state index contributed by atoms with van der Waals surface area (Å²) in [5, 5.41) is 3.55. The lowest BCUT2D eigenvalue weighted by molar-refractivity contribution is 0.191. The van der Waals surface area contributed by atoms with Gasteiger partial charge in [0.1, 0.15) is 5.75 Å². The molecule has 21 heavy (non-hydrogen) atoms. The fourth-order valence-corrected chi connectivity index (χ4v) is 3.89. The third-order valence-corrected chi connectivity index (χ3v) is 5.26. The van der Waals surface area contributed by atoms with Crippen molar-refractivity contribution in [3.63, 3.8) is 0 Å². The highest BCUT2D eigenvalue weighted by atomic mass is 16.5. The molecule has 0 aliphatic heterocycles. The first-order valence-electron chi connectivity index (χ1n) is 8.38. The zero-order valence-corrected chi connectivity index (χ0v) is 14.3. The molecule has 1 saturated carbocycles. The molecular formula is C19H31NO. The third-order valence-electron chi connectivity index (χ3n) is 5.26. The standard InChI is InChI=1S/C19H31NO/c1-13(2)15-7-9-16(10-8-15)19(20-4)17-12-14(3)6-11-18(17)21-5/h6,11-13,15-16,19-20H,7-10H2,1-5H3. The van der Waals surface area contributed by atoms with Crippen LogP contribution in [0.5, 0.6) is 5.75 Å². The van der Waals surface area contributed by atoms with Gasteiger partial charge in [-0.2, -0.15) is 0 Å². The second-order valence-corrected chi connectivity index (χ2v) is 6.93. The van der Waals surface area contributed by atoms with Crippen molar-refractivity contribution >= 4 is 0 Å². The van der Waals surface area contributed by atoms with Crippen LogP contribution >= 0.6 is 0 Å². The molecule has 1 N–H and O–H groups in total. The average molecular weight is 289 g/mol. The molecular weight excluding hydrogens is 258 g/mol. The topological polar surface area (TPSA) is 21.3 Å². The first-order chi connectivity index (χ1) is 10.1. The molecule has 0 amide bonds. The molecule has 1 aromatic carbocycles. The minimum Gasteiger partial charge on any atom is -0.496 e. The molecule has 2 heteroatoms. The van der Waals surface area contributed by atoms with E-state index in [1.807, 2.05) is 0 Å². The maximum absolute atomic E-state index is 5.59. The molecule has 2 rings (SSSR count). The average Bonchev–Trinajstić information content (AvgIpc) is 2.49. The van der Waals surface area contributed by atoms with E-state index in [1.54, 1.807) is 7.11 Å². The zero-order chi connectivity index (χ0) is 15.4. The van der Waals surface area contributed by atoms with Gasteiger partial charge in [-0.25, -0.2) is 0 Å². The van der Waals surface area contributed by atoms with E-state index in [4.69, 9.17) is 4.74 Å². The van der Waals surface area contributed by atoms with Crippen LogP contribution in [0.15, 0.2) is 18.2 Å². The van der Waals surface area contributed by atoms with Crippen molar-refractivity contribution in [3.8, 4) is 5.75 Å². The molecule has 1 fully saturated rings. The number of ether oxygens (including phenoxy) is 1. The predicted octanol–water partition coefficient (Wildman–Crippen LogP) is 4.73. The Morgan fingerprint density at radius 2 is 1.71 bits per heavy atom. The van der Waals surface area contributed by atoms with Crippen molar-refractivity contribution in [2.75, 3.05) is 14.2 Å². The van der Waals surface area contributed by atoms with E-state index in [9.17, 15) is 0 Å². The Morgan fingerprint density at radius 1 is 1.10 bits per heavy atom. The molecule has 2 nitrogen and oxygen atoms in total. The van der Waals surface area contributed by atoms with Crippen LogP contribution in [0.2, 0.25) is 0 Å². The van der Waals surface area contributed by atoms with E-state index in [0.717, 1.165) is 23.5 Å². The highest BCUT2D eigenvalue weighted by Gasteiger charge is 2.30. The van der Waals surface area contributed by atoms with Crippen molar-refractivity contribution in [1.82, 2.24) is 5.32 Å². The smallest absolute Gasteiger partial charge is 0.123 e. The molecule has 1 aromatic rings. The van der Waals surface area contributed by atoms with Gasteiger partial charge in [-0.1, -0.05) is 31.5 Å². The SMILES string of the molecule is CNC(c1cc(C)ccc1OC)C1CCC(C(C)C)CC1. The molecule has 0 spiro atoms. The molecule has 118 valence electrons. The van der Waals surface area contributed by atoms with Crippen LogP contribution in [-0.2, 0) is 0 Å². The first kappa shape index (κ1) is 16.4. The summed E-state index contributed by atoms with van der Waals surface area (Å²) in [7, 11) is 3.86. The Kier molecular flexibility index (Phi) is 5.69. The van der Waals surface area contributed by atoms with Gasteiger partial charge in [-0.3, -0.25) is 0 Å². The number of nitrogens with one attached hydrogen (secondary N) is 1. The first-order valence-corrected chi connectivity index (χ1v) is 8.38. The van der Waals surface area contributed by atoms with E-state index < -0.39 is 0 Å². The van der Waals surface area contributed by atoms with Gasteiger partial charge in [0.05, 0.1) is 7.11 Å². The molecule has 1 aliphatic rings. The Hall–Kier alpha value is -1.02. The number of methoxy groups -OCH3 is 1.